The molecule has 0 radical (unpaired) electrons. The number of nitrogens with zero attached hydrogens (tertiary/aromatic N) is 1. The lowest BCUT2D eigenvalue weighted by Crippen LogP contribution is -2.60. The average molecular weight is 693 g/mol. The molecule has 1 amide bonds. The summed E-state index contributed by atoms with van der Waals surface area (Å²) in [6.45, 7) is 5.11. The van der Waals surface area contributed by atoms with E-state index in [2.05, 4.69) is 5.32 Å². The van der Waals surface area contributed by atoms with Crippen molar-refractivity contribution >= 4 is 35.0 Å². The number of methoxy groups -OCH3 is 1. The lowest BCUT2D eigenvalue weighted by atomic mass is 9.46. The van der Waals surface area contributed by atoms with Crippen molar-refractivity contribution in [1.29, 1.82) is 0 Å². The Kier molecular flexibility index (Phi) is 7.76. The second-order valence-electron chi connectivity index (χ2n) is 15.5. The number of Topliss-reactive ketones (excluding diaryl/α,β-unsaturated/α-hetero) is 4. The van der Waals surface area contributed by atoms with E-state index in [4.69, 9.17) is 20.9 Å². The van der Waals surface area contributed by atoms with Crippen LogP contribution in [0.2, 0.25) is 0 Å². The van der Waals surface area contributed by atoms with Crippen LogP contribution >= 0.6 is 0 Å². The highest BCUT2D eigenvalue weighted by atomic mass is 16.6. The Labute approximate surface area is 288 Å². The third-order valence-electron chi connectivity index (χ3n) is 13.5. The van der Waals surface area contributed by atoms with Gasteiger partial charge in [-0.25, -0.2) is 4.79 Å². The van der Waals surface area contributed by atoms with E-state index < -0.39 is 52.3 Å². The third-order valence-corrected chi connectivity index (χ3v) is 13.5. The summed E-state index contributed by atoms with van der Waals surface area (Å²) < 4.78 is 10.8. The minimum absolute atomic E-state index is 0.0206. The van der Waals surface area contributed by atoms with Gasteiger partial charge >= 0.3 is 6.09 Å². The van der Waals surface area contributed by atoms with Crippen LogP contribution in [0.5, 0.6) is 0 Å². The standard InChI is InChI=1S/C21H26O5.C15H18N4O5/c1-19-7-5-13(23)9-12(19)3-4-14-15-6-8-21(26,17(25)11-22)20(15,2)10-16(24)18(14)19;1-5-9(16)12(21)8-6(4-24-14(17)22)15(23-2)13-7(18-13)3-19(15)10(8)11(5)20/h5,7,9,14-15,18,22,26H,3-4,6,8,10-11H2,1-2H3;6-7,13,18H,3-4,16H2,1-2H3,(H2,17,22)/t14-,15-,18+,19-,20-,21-;6-,7+,13+,15-/m01/s1. The van der Waals surface area contributed by atoms with E-state index in [1.54, 1.807) is 12.2 Å². The van der Waals surface area contributed by atoms with Crippen LogP contribution in [-0.4, -0.2) is 100 Å². The highest BCUT2D eigenvalue weighted by Crippen LogP contribution is 2.66. The van der Waals surface area contributed by atoms with Crippen LogP contribution in [0.15, 0.2) is 46.3 Å². The van der Waals surface area contributed by atoms with Crippen LogP contribution in [0, 0.1) is 34.5 Å². The molecule has 0 bridgehead atoms. The number of piperazine rings is 1. The summed E-state index contributed by atoms with van der Waals surface area (Å²) >= 11 is 0. The number of rotatable bonds is 5. The molecule has 2 saturated heterocycles. The Balaban J connectivity index is 0.000000157. The Hall–Kier alpha value is -3.98. The molecular weight excluding hydrogens is 648 g/mol. The zero-order valence-electron chi connectivity index (χ0n) is 28.6. The predicted molar refractivity (Wildman–Crippen MR) is 174 cm³/mol. The SMILES string of the molecule is CO[C@@]12[C@H](COC(N)=O)C3=C(C(=O)C(C)=C(N)C3=O)N1C[C@@H]1N[C@@H]12.C[C@]12C=CC(=O)C=C1CC[C@@H]1[C@@H]2C(=O)C[C@@]2(C)[C@H]1CC[C@]2(O)C(=O)CO. The van der Waals surface area contributed by atoms with Crippen molar-refractivity contribution in [3.63, 3.8) is 0 Å². The summed E-state index contributed by atoms with van der Waals surface area (Å²) in [6, 6.07) is 0.109. The molecule has 50 heavy (non-hydrogen) atoms. The second kappa shape index (κ2) is 11.3. The molecule has 14 heteroatoms. The number of nitrogens with one attached hydrogen (secondary N) is 1. The van der Waals surface area contributed by atoms with E-state index >= 15 is 0 Å². The summed E-state index contributed by atoms with van der Waals surface area (Å²) in [5.74, 6) is -1.93. The van der Waals surface area contributed by atoms with E-state index in [0.717, 1.165) is 18.4 Å². The van der Waals surface area contributed by atoms with Gasteiger partial charge in [0.05, 0.1) is 23.4 Å². The summed E-state index contributed by atoms with van der Waals surface area (Å²) in [5.41, 5.74) is 8.81. The largest absolute Gasteiger partial charge is 0.449 e. The summed E-state index contributed by atoms with van der Waals surface area (Å²) in [7, 11) is 1.52. The van der Waals surface area contributed by atoms with Crippen molar-refractivity contribution in [2.75, 3.05) is 26.9 Å². The number of primary amides is 1. The molecule has 5 fully saturated rings. The smallest absolute Gasteiger partial charge is 0.404 e. The van der Waals surface area contributed by atoms with Gasteiger partial charge in [-0.15, -0.1) is 0 Å². The molecule has 8 aliphatic rings. The number of hydrogen-bond donors (Lipinski definition) is 5. The number of amides is 1. The first-order chi connectivity index (χ1) is 23.5. The molecule has 0 aromatic heterocycles. The van der Waals surface area contributed by atoms with Gasteiger partial charge in [-0.2, -0.15) is 0 Å². The lowest BCUT2D eigenvalue weighted by molar-refractivity contribution is -0.168. The van der Waals surface area contributed by atoms with Crippen molar-refractivity contribution in [3.05, 3.63) is 46.3 Å². The first-order valence-corrected chi connectivity index (χ1v) is 17.2. The molecule has 14 nitrogen and oxygen atoms in total. The molecule has 0 aromatic carbocycles. The maximum Gasteiger partial charge on any atom is 0.404 e. The fourth-order valence-corrected chi connectivity index (χ4v) is 10.9. The molecule has 3 aliphatic heterocycles. The predicted octanol–water partition coefficient (Wildman–Crippen LogP) is 0.115. The second-order valence-corrected chi connectivity index (χ2v) is 15.5. The molecule has 0 aromatic rings. The van der Waals surface area contributed by atoms with Gasteiger partial charge in [0.1, 0.15) is 24.6 Å². The van der Waals surface area contributed by atoms with Crippen LogP contribution in [-0.2, 0) is 33.4 Å². The first-order valence-electron chi connectivity index (χ1n) is 17.2. The van der Waals surface area contributed by atoms with Gasteiger partial charge in [0, 0.05) is 54.0 Å². The Bertz CT molecular complexity index is 1780. The van der Waals surface area contributed by atoms with Crippen LogP contribution in [0.25, 0.3) is 0 Å². The molecule has 10 atom stereocenters. The molecule has 0 spiro atoms. The molecule has 3 heterocycles. The summed E-state index contributed by atoms with van der Waals surface area (Å²) in [6.07, 6.45) is 6.87. The van der Waals surface area contributed by atoms with Crippen molar-refractivity contribution in [3.8, 4) is 0 Å². The molecule has 3 saturated carbocycles. The lowest BCUT2D eigenvalue weighted by Gasteiger charge is -2.56. The highest BCUT2D eigenvalue weighted by molar-refractivity contribution is 6.25. The van der Waals surface area contributed by atoms with Crippen LogP contribution < -0.4 is 16.8 Å². The average Bonchev–Trinajstić information content (AvgIpc) is 3.59. The molecule has 8 rings (SSSR count). The molecular formula is C36H44N4O10. The molecule has 268 valence electrons. The number of carbonyl (C=O) groups is 6. The van der Waals surface area contributed by atoms with Crippen LogP contribution in [0.1, 0.15) is 52.9 Å². The molecule has 5 aliphatic carbocycles. The monoisotopic (exact) mass is 692 g/mol. The van der Waals surface area contributed by atoms with E-state index in [0.29, 0.717) is 25.1 Å². The van der Waals surface area contributed by atoms with E-state index in [1.807, 2.05) is 24.8 Å². The number of ketones is 5. The van der Waals surface area contributed by atoms with Crippen molar-refractivity contribution < 1.29 is 48.5 Å². The number of nitrogens with two attached hydrogens (primary N) is 2. The fourth-order valence-electron chi connectivity index (χ4n) is 10.9. The van der Waals surface area contributed by atoms with Gasteiger partial charge in [-0.05, 0) is 56.6 Å². The maximum absolute atomic E-state index is 13.3. The normalized spacial score (nSPS) is 42.1. The minimum atomic E-state index is -1.62. The zero-order valence-corrected chi connectivity index (χ0v) is 28.6. The van der Waals surface area contributed by atoms with E-state index in [-0.39, 0.29) is 77.1 Å². The maximum atomic E-state index is 13.3. The van der Waals surface area contributed by atoms with Gasteiger partial charge < -0.3 is 41.4 Å². The topological polar surface area (TPSA) is 239 Å². The van der Waals surface area contributed by atoms with Gasteiger partial charge in [0.25, 0.3) is 0 Å². The summed E-state index contributed by atoms with van der Waals surface area (Å²) in [4.78, 5) is 75.8. The Morgan fingerprint density at radius 1 is 1.14 bits per heavy atom. The Morgan fingerprint density at radius 2 is 1.86 bits per heavy atom. The number of aliphatic hydroxyl groups excluding tert-OH is 1. The van der Waals surface area contributed by atoms with Crippen molar-refractivity contribution in [1.82, 2.24) is 10.2 Å². The van der Waals surface area contributed by atoms with Crippen molar-refractivity contribution in [2.45, 2.75) is 76.3 Å². The fraction of sp³-hybridized carbons (Fsp3) is 0.611. The number of hydrogen-bond acceptors (Lipinski definition) is 13. The van der Waals surface area contributed by atoms with Gasteiger partial charge in [0.15, 0.2) is 17.3 Å². The number of carbonyl (C=O) groups excluding carboxylic acids is 6. The van der Waals surface area contributed by atoms with Gasteiger partial charge in [-0.3, -0.25) is 24.0 Å². The Morgan fingerprint density at radius 3 is 2.52 bits per heavy atom. The third kappa shape index (κ3) is 4.34. The number of fused-ring (bicyclic) bond motifs is 9. The molecule has 0 unspecified atom stereocenters. The van der Waals surface area contributed by atoms with E-state index in [9.17, 15) is 39.0 Å². The zero-order chi connectivity index (χ0) is 36.3. The van der Waals surface area contributed by atoms with Gasteiger partial charge in [-0.1, -0.05) is 25.5 Å². The summed E-state index contributed by atoms with van der Waals surface area (Å²) in [5, 5.41) is 23.7. The van der Waals surface area contributed by atoms with E-state index in [1.165, 1.54) is 14.0 Å². The van der Waals surface area contributed by atoms with Crippen LogP contribution in [0.4, 0.5) is 4.79 Å². The molecule has 7 N–H and O–H groups in total. The highest BCUT2D eigenvalue weighted by Gasteiger charge is 2.73. The minimum Gasteiger partial charge on any atom is -0.449 e. The quantitative estimate of drug-likeness (QED) is 0.190. The van der Waals surface area contributed by atoms with Crippen molar-refractivity contribution in [2.24, 2.45) is 46.0 Å². The number of ether oxygens (including phenoxy) is 2. The first kappa shape index (κ1) is 34.5. The van der Waals surface area contributed by atoms with Gasteiger partial charge in [0.2, 0.25) is 11.6 Å². The number of allylic oxidation sites excluding steroid dienone is 6. The number of aliphatic hydroxyl groups is 2. The van der Waals surface area contributed by atoms with Crippen LogP contribution in [0.3, 0.4) is 0 Å².